The molecule has 1 amide bonds. The number of benzene rings is 3. The molecule has 0 spiro atoms. The second-order valence-electron chi connectivity index (χ2n) is 6.87. The molecular formula is C24H18ClN3O4. The number of halogens is 1. The number of anilines is 1. The van der Waals surface area contributed by atoms with Crippen molar-refractivity contribution in [2.75, 3.05) is 5.32 Å². The van der Waals surface area contributed by atoms with Crippen LogP contribution in [-0.2, 0) is 11.4 Å². The second kappa shape index (κ2) is 10.2. The van der Waals surface area contributed by atoms with Crippen molar-refractivity contribution in [2.45, 2.75) is 13.5 Å². The molecule has 1 N–H and O–H groups in total. The van der Waals surface area contributed by atoms with E-state index in [2.05, 4.69) is 5.32 Å². The lowest BCUT2D eigenvalue weighted by Gasteiger charge is -2.09. The van der Waals surface area contributed by atoms with E-state index in [9.17, 15) is 20.2 Å². The van der Waals surface area contributed by atoms with Crippen LogP contribution >= 0.6 is 11.6 Å². The molecule has 32 heavy (non-hydrogen) atoms. The highest BCUT2D eigenvalue weighted by Gasteiger charge is 2.11. The SMILES string of the molecule is Cc1ccc(Cl)cc1NC(=O)/C(C#N)=C/c1ccc(OCc2cccc([N+](=O)[O-])c2)cc1. The number of carbonyl (C=O) groups is 1. The average molecular weight is 448 g/mol. The van der Waals surface area contributed by atoms with Gasteiger partial charge in [-0.25, -0.2) is 0 Å². The fourth-order valence-electron chi connectivity index (χ4n) is 2.82. The average Bonchev–Trinajstić information content (AvgIpc) is 2.79. The maximum Gasteiger partial charge on any atom is 0.269 e. The van der Waals surface area contributed by atoms with Crippen LogP contribution in [0.4, 0.5) is 11.4 Å². The van der Waals surface area contributed by atoms with Crippen LogP contribution in [0.25, 0.3) is 6.08 Å². The molecule has 7 nitrogen and oxygen atoms in total. The van der Waals surface area contributed by atoms with Gasteiger partial charge in [0.25, 0.3) is 11.6 Å². The van der Waals surface area contributed by atoms with Crippen LogP contribution in [0, 0.1) is 28.4 Å². The quantitative estimate of drug-likeness (QED) is 0.217. The summed E-state index contributed by atoms with van der Waals surface area (Å²) in [5.74, 6) is 0.00929. The summed E-state index contributed by atoms with van der Waals surface area (Å²) in [7, 11) is 0. The summed E-state index contributed by atoms with van der Waals surface area (Å²) >= 11 is 5.97. The number of ether oxygens (including phenoxy) is 1. The van der Waals surface area contributed by atoms with E-state index in [-0.39, 0.29) is 17.9 Å². The molecule has 0 unspecified atom stereocenters. The highest BCUT2D eigenvalue weighted by Crippen LogP contribution is 2.22. The number of carbonyl (C=O) groups excluding carboxylic acids is 1. The number of hydrogen-bond acceptors (Lipinski definition) is 5. The predicted molar refractivity (Wildman–Crippen MR) is 122 cm³/mol. The van der Waals surface area contributed by atoms with Gasteiger partial charge in [0.2, 0.25) is 0 Å². The van der Waals surface area contributed by atoms with Crippen LogP contribution in [0.1, 0.15) is 16.7 Å². The topological polar surface area (TPSA) is 105 Å². The fraction of sp³-hybridized carbons (Fsp3) is 0.0833. The molecule has 0 aliphatic carbocycles. The van der Waals surface area contributed by atoms with E-state index in [1.807, 2.05) is 13.0 Å². The summed E-state index contributed by atoms with van der Waals surface area (Å²) in [6.07, 6.45) is 1.47. The highest BCUT2D eigenvalue weighted by molar-refractivity contribution is 6.31. The van der Waals surface area contributed by atoms with Gasteiger partial charge in [0.15, 0.2) is 0 Å². The third-order valence-corrected chi connectivity index (χ3v) is 4.77. The molecule has 0 aliphatic heterocycles. The van der Waals surface area contributed by atoms with Crippen LogP contribution in [0.2, 0.25) is 5.02 Å². The molecule has 0 atom stereocenters. The molecule has 3 rings (SSSR count). The molecule has 0 saturated heterocycles. The summed E-state index contributed by atoms with van der Waals surface area (Å²) in [6, 6.07) is 20.0. The number of nitrogens with zero attached hydrogens (tertiary/aromatic N) is 2. The van der Waals surface area contributed by atoms with Gasteiger partial charge < -0.3 is 10.1 Å². The second-order valence-corrected chi connectivity index (χ2v) is 7.30. The van der Waals surface area contributed by atoms with E-state index >= 15 is 0 Å². The first-order valence-electron chi connectivity index (χ1n) is 9.51. The summed E-state index contributed by atoms with van der Waals surface area (Å²) in [5, 5.41) is 23.4. The number of nitro benzene ring substituents is 1. The monoisotopic (exact) mass is 447 g/mol. The number of nitriles is 1. The highest BCUT2D eigenvalue weighted by atomic mass is 35.5. The normalized spacial score (nSPS) is 10.8. The maximum atomic E-state index is 12.5. The minimum atomic E-state index is -0.538. The molecule has 0 aromatic heterocycles. The summed E-state index contributed by atoms with van der Waals surface area (Å²) in [6.45, 7) is 2.00. The largest absolute Gasteiger partial charge is 0.489 e. The van der Waals surface area contributed by atoms with Gasteiger partial charge in [0.05, 0.1) is 4.92 Å². The van der Waals surface area contributed by atoms with Crippen molar-refractivity contribution in [3.63, 3.8) is 0 Å². The molecule has 0 fully saturated rings. The lowest BCUT2D eigenvalue weighted by Crippen LogP contribution is -2.14. The van der Waals surface area contributed by atoms with E-state index in [0.29, 0.717) is 27.6 Å². The van der Waals surface area contributed by atoms with Gasteiger partial charge in [-0.1, -0.05) is 41.9 Å². The fourth-order valence-corrected chi connectivity index (χ4v) is 2.99. The van der Waals surface area contributed by atoms with Gasteiger partial charge in [-0.05, 0) is 54.0 Å². The van der Waals surface area contributed by atoms with Gasteiger partial charge in [0.1, 0.15) is 24.0 Å². The maximum absolute atomic E-state index is 12.5. The Labute approximate surface area is 189 Å². The predicted octanol–water partition coefficient (Wildman–Crippen LogP) is 5.68. The van der Waals surface area contributed by atoms with Gasteiger partial charge in [-0.3, -0.25) is 14.9 Å². The van der Waals surface area contributed by atoms with E-state index in [4.69, 9.17) is 16.3 Å². The molecule has 0 aliphatic rings. The number of aryl methyl sites for hydroxylation is 1. The van der Waals surface area contributed by atoms with Crippen LogP contribution in [0.3, 0.4) is 0 Å². The Morgan fingerprint density at radius 3 is 2.62 bits per heavy atom. The Morgan fingerprint density at radius 2 is 1.94 bits per heavy atom. The molecule has 3 aromatic carbocycles. The summed E-state index contributed by atoms with van der Waals surface area (Å²) < 4.78 is 5.66. The zero-order valence-electron chi connectivity index (χ0n) is 17.0. The number of non-ortho nitro benzene ring substituents is 1. The van der Waals surface area contributed by atoms with Crippen molar-refractivity contribution in [3.8, 4) is 11.8 Å². The Hall–Kier alpha value is -4.15. The molecule has 0 heterocycles. The van der Waals surface area contributed by atoms with Crippen molar-refractivity contribution in [1.29, 1.82) is 5.26 Å². The smallest absolute Gasteiger partial charge is 0.269 e. The molecule has 160 valence electrons. The van der Waals surface area contributed by atoms with Gasteiger partial charge in [0, 0.05) is 22.8 Å². The van der Waals surface area contributed by atoms with E-state index < -0.39 is 10.8 Å². The Balaban J connectivity index is 1.67. The molecule has 3 aromatic rings. The standard InChI is InChI=1S/C24H18ClN3O4/c1-16-5-8-20(25)13-23(16)27-24(29)19(14-26)11-17-6-9-22(10-7-17)32-15-18-3-2-4-21(12-18)28(30)31/h2-13H,15H2,1H3,(H,27,29)/b19-11+. The van der Waals surface area contributed by atoms with Crippen LogP contribution in [-0.4, -0.2) is 10.8 Å². The zero-order valence-corrected chi connectivity index (χ0v) is 17.8. The number of amides is 1. The van der Waals surface area contributed by atoms with E-state index in [0.717, 1.165) is 5.56 Å². The van der Waals surface area contributed by atoms with Crippen LogP contribution in [0.5, 0.6) is 5.75 Å². The Kier molecular flexibility index (Phi) is 7.21. The van der Waals surface area contributed by atoms with E-state index in [1.54, 1.807) is 54.6 Å². The van der Waals surface area contributed by atoms with Crippen LogP contribution < -0.4 is 10.1 Å². The zero-order chi connectivity index (χ0) is 23.1. The molecule has 0 bridgehead atoms. The molecule has 8 heteroatoms. The van der Waals surface area contributed by atoms with Crippen molar-refractivity contribution in [1.82, 2.24) is 0 Å². The third-order valence-electron chi connectivity index (χ3n) is 4.53. The van der Waals surface area contributed by atoms with Crippen molar-refractivity contribution in [3.05, 3.63) is 104 Å². The summed E-state index contributed by atoms with van der Waals surface area (Å²) in [5.41, 5.74) is 2.61. The minimum Gasteiger partial charge on any atom is -0.489 e. The number of hydrogen-bond donors (Lipinski definition) is 1. The molecule has 0 radical (unpaired) electrons. The Bertz CT molecular complexity index is 1230. The van der Waals surface area contributed by atoms with Gasteiger partial charge >= 0.3 is 0 Å². The minimum absolute atomic E-state index is 0.00172. The number of rotatable bonds is 7. The van der Waals surface area contributed by atoms with Crippen molar-refractivity contribution < 1.29 is 14.5 Å². The van der Waals surface area contributed by atoms with Crippen molar-refractivity contribution >= 4 is 35.0 Å². The first-order chi connectivity index (χ1) is 15.4. The van der Waals surface area contributed by atoms with Crippen LogP contribution in [0.15, 0.2) is 72.3 Å². The molecule has 0 saturated carbocycles. The first kappa shape index (κ1) is 22.5. The van der Waals surface area contributed by atoms with Gasteiger partial charge in [-0.2, -0.15) is 5.26 Å². The summed E-state index contributed by atoms with van der Waals surface area (Å²) in [4.78, 5) is 22.9. The lowest BCUT2D eigenvalue weighted by atomic mass is 10.1. The number of nitro groups is 1. The van der Waals surface area contributed by atoms with Crippen molar-refractivity contribution in [2.24, 2.45) is 0 Å². The Morgan fingerprint density at radius 1 is 1.19 bits per heavy atom. The lowest BCUT2D eigenvalue weighted by molar-refractivity contribution is -0.384. The number of nitrogens with one attached hydrogen (secondary N) is 1. The third kappa shape index (κ3) is 5.94. The van der Waals surface area contributed by atoms with Gasteiger partial charge in [-0.15, -0.1) is 0 Å². The first-order valence-corrected chi connectivity index (χ1v) is 9.89. The molecular weight excluding hydrogens is 430 g/mol. The van der Waals surface area contributed by atoms with E-state index in [1.165, 1.54) is 18.2 Å².